The smallest absolute Gasteiger partial charge is 0.408 e. The van der Waals surface area contributed by atoms with Gasteiger partial charge in [-0.15, -0.1) is 0 Å². The number of alkyl carbamates (subject to hydrolysis) is 1. The lowest BCUT2D eigenvalue weighted by Crippen LogP contribution is -2.60. The number of allylic oxidation sites excluding steroid dienone is 2. The van der Waals surface area contributed by atoms with E-state index in [0.717, 1.165) is 0 Å². The number of nitrogens with zero attached hydrogens (tertiary/aromatic N) is 1. The van der Waals surface area contributed by atoms with Gasteiger partial charge in [-0.25, -0.2) is 4.79 Å². The van der Waals surface area contributed by atoms with E-state index >= 15 is 0 Å². The van der Waals surface area contributed by atoms with Gasteiger partial charge in [-0.1, -0.05) is 46.8 Å². The van der Waals surface area contributed by atoms with E-state index in [2.05, 4.69) is 35.0 Å². The van der Waals surface area contributed by atoms with Crippen molar-refractivity contribution in [1.29, 1.82) is 0 Å². The zero-order valence-corrected chi connectivity index (χ0v) is 25.1. The van der Waals surface area contributed by atoms with Crippen LogP contribution in [0.25, 0.3) is 0 Å². The molecule has 3 rings (SSSR count). The standard InChI is InChI=1S/C29H47N5O6/c1-15-9-10-16(2)20-18(15)14-34(26(38)22(28(3,4)5)33-27(39)40-29(6,7)8)21(20)25(37)32-19(23(30)35)13-17-11-12-31-24(17)36/h9-10,15-22H,11-14H2,1-8H3,(H2,30,35)(H,31,36)(H,32,37)(H,33,39)/t15-,16+,17-,18+,19-,20-,21-,22+/m0/s1. The Morgan fingerprint density at radius 1 is 1.07 bits per heavy atom. The van der Waals surface area contributed by atoms with Gasteiger partial charge in [-0.3, -0.25) is 19.2 Å². The number of nitrogens with two attached hydrogens (primary N) is 1. The number of primary amides is 1. The van der Waals surface area contributed by atoms with Crippen LogP contribution in [0, 0.1) is 35.0 Å². The lowest BCUT2D eigenvalue weighted by atomic mass is 9.71. The Hall–Kier alpha value is -3.11. The zero-order valence-electron chi connectivity index (χ0n) is 25.1. The summed E-state index contributed by atoms with van der Waals surface area (Å²) < 4.78 is 5.44. The monoisotopic (exact) mass is 561 g/mol. The van der Waals surface area contributed by atoms with Crippen molar-refractivity contribution in [1.82, 2.24) is 20.9 Å². The van der Waals surface area contributed by atoms with Crippen LogP contribution in [0.15, 0.2) is 12.2 Å². The van der Waals surface area contributed by atoms with E-state index in [-0.39, 0.29) is 36.0 Å². The van der Waals surface area contributed by atoms with Gasteiger partial charge in [0.2, 0.25) is 23.6 Å². The van der Waals surface area contributed by atoms with Crippen molar-refractivity contribution in [2.75, 3.05) is 13.1 Å². The summed E-state index contributed by atoms with van der Waals surface area (Å²) in [4.78, 5) is 67.0. The van der Waals surface area contributed by atoms with Crippen LogP contribution >= 0.6 is 0 Å². The maximum atomic E-state index is 14.2. The Morgan fingerprint density at radius 2 is 1.70 bits per heavy atom. The summed E-state index contributed by atoms with van der Waals surface area (Å²) in [6, 6.07) is -2.91. The highest BCUT2D eigenvalue weighted by atomic mass is 16.6. The number of carbonyl (C=O) groups excluding carboxylic acids is 5. The van der Waals surface area contributed by atoms with Gasteiger partial charge in [0, 0.05) is 19.0 Å². The van der Waals surface area contributed by atoms with Crippen LogP contribution in [-0.2, 0) is 23.9 Å². The molecule has 0 aromatic heterocycles. The molecule has 2 heterocycles. The largest absolute Gasteiger partial charge is 0.444 e. The molecule has 11 nitrogen and oxygen atoms in total. The summed E-state index contributed by atoms with van der Waals surface area (Å²) in [6.07, 6.45) is 4.11. The van der Waals surface area contributed by atoms with Crippen LogP contribution in [0.2, 0.25) is 0 Å². The summed E-state index contributed by atoms with van der Waals surface area (Å²) in [5.74, 6) is -2.27. The molecule has 40 heavy (non-hydrogen) atoms. The summed E-state index contributed by atoms with van der Waals surface area (Å²) in [5, 5.41) is 8.27. The predicted molar refractivity (Wildman–Crippen MR) is 149 cm³/mol. The molecule has 0 aromatic carbocycles. The van der Waals surface area contributed by atoms with Crippen LogP contribution in [0.5, 0.6) is 0 Å². The van der Waals surface area contributed by atoms with Crippen LogP contribution in [0.1, 0.15) is 68.2 Å². The molecular weight excluding hydrogens is 514 g/mol. The Kier molecular flexibility index (Phi) is 9.26. The van der Waals surface area contributed by atoms with E-state index < -0.39 is 58.9 Å². The Labute approximate surface area is 237 Å². The minimum atomic E-state index is -1.05. The second-order valence-electron chi connectivity index (χ2n) is 13.7. The molecule has 2 aliphatic heterocycles. The molecule has 0 aromatic rings. The summed E-state index contributed by atoms with van der Waals surface area (Å²) in [7, 11) is 0. The van der Waals surface area contributed by atoms with Gasteiger partial charge in [-0.2, -0.15) is 0 Å². The molecule has 5 amide bonds. The van der Waals surface area contributed by atoms with Crippen LogP contribution < -0.4 is 21.7 Å². The number of amides is 5. The number of hydrogen-bond donors (Lipinski definition) is 4. The number of hydrogen-bond acceptors (Lipinski definition) is 6. The molecule has 3 aliphatic rings. The zero-order chi connectivity index (χ0) is 30.2. The number of rotatable bonds is 7. The Morgan fingerprint density at radius 3 is 2.23 bits per heavy atom. The maximum Gasteiger partial charge on any atom is 0.408 e. The minimum absolute atomic E-state index is 0.00529. The lowest BCUT2D eigenvalue weighted by molar-refractivity contribution is -0.143. The molecule has 1 aliphatic carbocycles. The fourth-order valence-corrected chi connectivity index (χ4v) is 6.16. The van der Waals surface area contributed by atoms with E-state index in [1.807, 2.05) is 27.7 Å². The second-order valence-corrected chi connectivity index (χ2v) is 13.7. The number of ether oxygens (including phenoxy) is 1. The van der Waals surface area contributed by atoms with Crippen molar-refractivity contribution in [2.45, 2.75) is 92.0 Å². The van der Waals surface area contributed by atoms with Crippen molar-refractivity contribution < 1.29 is 28.7 Å². The first-order chi connectivity index (χ1) is 18.4. The number of nitrogens with one attached hydrogen (secondary N) is 3. The van der Waals surface area contributed by atoms with Crippen molar-refractivity contribution >= 4 is 29.7 Å². The molecule has 2 fully saturated rings. The average Bonchev–Trinajstić information content (AvgIpc) is 3.41. The fourth-order valence-electron chi connectivity index (χ4n) is 6.16. The number of carbonyl (C=O) groups is 5. The van der Waals surface area contributed by atoms with Gasteiger partial charge in [0.15, 0.2) is 0 Å². The first-order valence-corrected chi connectivity index (χ1v) is 14.3. The Balaban J connectivity index is 1.92. The molecule has 0 spiro atoms. The van der Waals surface area contributed by atoms with Crippen molar-refractivity contribution in [2.24, 2.45) is 40.7 Å². The first-order valence-electron chi connectivity index (χ1n) is 14.3. The van der Waals surface area contributed by atoms with Crippen LogP contribution in [0.4, 0.5) is 4.79 Å². The summed E-state index contributed by atoms with van der Waals surface area (Å²) in [5.41, 5.74) is 4.21. The molecule has 8 atom stereocenters. The highest BCUT2D eigenvalue weighted by Gasteiger charge is 2.54. The van der Waals surface area contributed by atoms with Gasteiger partial charge < -0.3 is 31.3 Å². The topological polar surface area (TPSA) is 160 Å². The molecule has 2 saturated heterocycles. The second kappa shape index (κ2) is 11.8. The molecule has 224 valence electrons. The van der Waals surface area contributed by atoms with E-state index in [4.69, 9.17) is 10.5 Å². The van der Waals surface area contributed by atoms with Gasteiger partial charge in [0.1, 0.15) is 23.7 Å². The Bertz CT molecular complexity index is 1040. The molecule has 0 radical (unpaired) electrons. The average molecular weight is 562 g/mol. The number of likely N-dealkylation sites (tertiary alicyclic amines) is 1. The normalized spacial score (nSPS) is 29.7. The predicted octanol–water partition coefficient (Wildman–Crippen LogP) is 1.71. The third-order valence-electron chi connectivity index (χ3n) is 8.27. The minimum Gasteiger partial charge on any atom is -0.444 e. The highest BCUT2D eigenvalue weighted by Crippen LogP contribution is 2.44. The molecular formula is C29H47N5O6. The highest BCUT2D eigenvalue weighted by molar-refractivity contribution is 5.95. The molecule has 0 unspecified atom stereocenters. The third kappa shape index (κ3) is 7.14. The van der Waals surface area contributed by atoms with E-state index in [1.165, 1.54) is 0 Å². The first kappa shape index (κ1) is 31.4. The van der Waals surface area contributed by atoms with E-state index in [1.54, 1.807) is 25.7 Å². The van der Waals surface area contributed by atoms with E-state index in [9.17, 15) is 24.0 Å². The van der Waals surface area contributed by atoms with E-state index in [0.29, 0.717) is 19.5 Å². The SMILES string of the molecule is C[C@@H]1C=C[C@H](C)[C@H]2CN(C(=O)[C@@H](NC(=O)OC(C)(C)C)C(C)(C)C)[C@H](C(=O)N[C@@H](C[C@@H]3CCNC3=O)C(N)=O)[C@H]21. The molecule has 11 heteroatoms. The summed E-state index contributed by atoms with van der Waals surface area (Å²) in [6.45, 7) is 15.7. The molecule has 0 saturated carbocycles. The van der Waals surface area contributed by atoms with Gasteiger partial charge in [0.05, 0.1) is 0 Å². The lowest BCUT2D eigenvalue weighted by Gasteiger charge is -2.37. The quantitative estimate of drug-likeness (QED) is 0.346. The number of fused-ring (bicyclic) bond motifs is 1. The van der Waals surface area contributed by atoms with Crippen molar-refractivity contribution in [3.63, 3.8) is 0 Å². The molecule has 5 N–H and O–H groups in total. The van der Waals surface area contributed by atoms with Gasteiger partial charge in [-0.05, 0) is 62.7 Å². The van der Waals surface area contributed by atoms with Gasteiger partial charge >= 0.3 is 6.09 Å². The van der Waals surface area contributed by atoms with Gasteiger partial charge in [0.25, 0.3) is 0 Å². The van der Waals surface area contributed by atoms with Crippen molar-refractivity contribution in [3.05, 3.63) is 12.2 Å². The fraction of sp³-hybridized carbons (Fsp3) is 0.759. The molecule has 0 bridgehead atoms. The van der Waals surface area contributed by atoms with Crippen LogP contribution in [0.3, 0.4) is 0 Å². The van der Waals surface area contributed by atoms with Crippen molar-refractivity contribution in [3.8, 4) is 0 Å². The maximum absolute atomic E-state index is 14.2. The third-order valence-corrected chi connectivity index (χ3v) is 8.27. The summed E-state index contributed by atoms with van der Waals surface area (Å²) >= 11 is 0. The van der Waals surface area contributed by atoms with Crippen LogP contribution in [-0.4, -0.2) is 71.4 Å².